The minimum absolute atomic E-state index is 0.101. The highest BCUT2D eigenvalue weighted by Gasteiger charge is 2.29. The second-order valence-electron chi connectivity index (χ2n) is 3.72. The smallest absolute Gasteiger partial charge is 0.111 e. The summed E-state index contributed by atoms with van der Waals surface area (Å²) in [5.74, 6) is 0. The lowest BCUT2D eigenvalue weighted by Gasteiger charge is -2.41. The fourth-order valence-corrected chi connectivity index (χ4v) is 2.10. The molecule has 0 radical (unpaired) electrons. The third-order valence-corrected chi connectivity index (χ3v) is 2.85. The summed E-state index contributed by atoms with van der Waals surface area (Å²) in [4.78, 5) is 2.40. The second kappa shape index (κ2) is 3.73. The van der Waals surface area contributed by atoms with Crippen LogP contribution in [0.15, 0.2) is 0 Å². The summed E-state index contributed by atoms with van der Waals surface area (Å²) in [6.07, 6.45) is 5.14. The zero-order chi connectivity index (χ0) is 8.39. The van der Waals surface area contributed by atoms with Gasteiger partial charge in [0, 0.05) is 13.1 Å². The Labute approximate surface area is 73.3 Å². The first-order chi connectivity index (χ1) is 5.90. The van der Waals surface area contributed by atoms with Crippen molar-refractivity contribution in [1.29, 1.82) is 0 Å². The van der Waals surface area contributed by atoms with Crippen molar-refractivity contribution in [3.8, 4) is 0 Å². The molecular formula is C9H17NO2. The molecule has 0 saturated carbocycles. The topological polar surface area (TPSA) is 32.7 Å². The molecule has 12 heavy (non-hydrogen) atoms. The molecule has 0 aromatic carbocycles. The van der Waals surface area contributed by atoms with Gasteiger partial charge in [-0.2, -0.15) is 0 Å². The Kier molecular flexibility index (Phi) is 2.63. The van der Waals surface area contributed by atoms with Crippen LogP contribution in [0.1, 0.15) is 25.7 Å². The Hall–Kier alpha value is -0.120. The van der Waals surface area contributed by atoms with E-state index in [0.29, 0.717) is 6.23 Å². The monoisotopic (exact) mass is 171 g/mol. The quantitative estimate of drug-likeness (QED) is 0.626. The van der Waals surface area contributed by atoms with Gasteiger partial charge in [-0.05, 0) is 25.7 Å². The first-order valence-electron chi connectivity index (χ1n) is 4.90. The summed E-state index contributed by atoms with van der Waals surface area (Å²) < 4.78 is 5.72. The number of hydrogen-bond donors (Lipinski definition) is 1. The van der Waals surface area contributed by atoms with Gasteiger partial charge in [-0.25, -0.2) is 0 Å². The van der Waals surface area contributed by atoms with Gasteiger partial charge in [-0.3, -0.25) is 4.90 Å². The largest absolute Gasteiger partial charge is 0.394 e. The Morgan fingerprint density at radius 2 is 2.17 bits per heavy atom. The lowest BCUT2D eigenvalue weighted by Crippen LogP contribution is -2.49. The number of ether oxygens (including phenoxy) is 1. The SMILES string of the molecule is OC[C@@H]1CCN2CCCC[C@@H]2O1. The maximum atomic E-state index is 8.94. The molecule has 3 heteroatoms. The van der Waals surface area contributed by atoms with Gasteiger partial charge >= 0.3 is 0 Å². The van der Waals surface area contributed by atoms with Crippen molar-refractivity contribution in [3.63, 3.8) is 0 Å². The molecule has 0 amide bonds. The average molecular weight is 171 g/mol. The summed E-state index contributed by atoms with van der Waals surface area (Å²) in [6.45, 7) is 2.48. The van der Waals surface area contributed by atoms with Gasteiger partial charge in [0.1, 0.15) is 6.23 Å². The summed E-state index contributed by atoms with van der Waals surface area (Å²) in [5, 5.41) is 8.94. The zero-order valence-electron chi connectivity index (χ0n) is 7.41. The first kappa shape index (κ1) is 8.48. The molecular weight excluding hydrogens is 154 g/mol. The van der Waals surface area contributed by atoms with Crippen LogP contribution in [0.5, 0.6) is 0 Å². The van der Waals surface area contributed by atoms with Crippen molar-refractivity contribution in [1.82, 2.24) is 4.90 Å². The van der Waals surface area contributed by atoms with Crippen LogP contribution in [-0.2, 0) is 4.74 Å². The minimum Gasteiger partial charge on any atom is -0.394 e. The summed E-state index contributed by atoms with van der Waals surface area (Å²) >= 11 is 0. The Morgan fingerprint density at radius 1 is 1.25 bits per heavy atom. The van der Waals surface area contributed by atoms with Gasteiger partial charge in [-0.15, -0.1) is 0 Å². The second-order valence-corrected chi connectivity index (χ2v) is 3.72. The van der Waals surface area contributed by atoms with Crippen LogP contribution >= 0.6 is 0 Å². The molecule has 0 aromatic heterocycles. The van der Waals surface area contributed by atoms with Crippen LogP contribution in [0.4, 0.5) is 0 Å². The fraction of sp³-hybridized carbons (Fsp3) is 1.00. The third-order valence-electron chi connectivity index (χ3n) is 2.85. The van der Waals surface area contributed by atoms with E-state index in [4.69, 9.17) is 9.84 Å². The molecule has 2 atom stereocenters. The van der Waals surface area contributed by atoms with Gasteiger partial charge in [0.25, 0.3) is 0 Å². The van der Waals surface area contributed by atoms with Crippen LogP contribution in [0.2, 0.25) is 0 Å². The van der Waals surface area contributed by atoms with E-state index in [9.17, 15) is 0 Å². The number of hydrogen-bond acceptors (Lipinski definition) is 3. The van der Waals surface area contributed by atoms with E-state index in [1.807, 2.05) is 0 Å². The third kappa shape index (κ3) is 1.63. The van der Waals surface area contributed by atoms with Crippen molar-refractivity contribution in [2.24, 2.45) is 0 Å². The van der Waals surface area contributed by atoms with Gasteiger partial charge in [-0.1, -0.05) is 0 Å². The molecule has 2 heterocycles. The van der Waals surface area contributed by atoms with E-state index >= 15 is 0 Å². The summed E-state index contributed by atoms with van der Waals surface area (Å²) in [6, 6.07) is 0. The van der Waals surface area contributed by atoms with Crippen LogP contribution in [0, 0.1) is 0 Å². The molecule has 70 valence electrons. The van der Waals surface area contributed by atoms with E-state index in [2.05, 4.69) is 4.90 Å². The van der Waals surface area contributed by atoms with Crippen molar-refractivity contribution in [2.45, 2.75) is 38.0 Å². The molecule has 2 fully saturated rings. The molecule has 2 aliphatic rings. The predicted octanol–water partition coefficient (Wildman–Crippen LogP) is 0.580. The minimum atomic E-state index is 0.101. The Morgan fingerprint density at radius 3 is 3.00 bits per heavy atom. The highest BCUT2D eigenvalue weighted by molar-refractivity contribution is 4.77. The first-order valence-corrected chi connectivity index (χ1v) is 4.90. The van der Waals surface area contributed by atoms with Crippen molar-refractivity contribution < 1.29 is 9.84 Å². The normalized spacial score (nSPS) is 37.8. The predicted molar refractivity (Wildman–Crippen MR) is 45.8 cm³/mol. The lowest BCUT2D eigenvalue weighted by molar-refractivity contribution is -0.163. The molecule has 0 aliphatic carbocycles. The maximum absolute atomic E-state index is 8.94. The number of nitrogens with zero attached hydrogens (tertiary/aromatic N) is 1. The summed E-state index contributed by atoms with van der Waals surface area (Å²) in [7, 11) is 0. The number of aliphatic hydroxyl groups excluding tert-OH is 1. The van der Waals surface area contributed by atoms with E-state index < -0.39 is 0 Å². The molecule has 0 unspecified atom stereocenters. The van der Waals surface area contributed by atoms with Gasteiger partial charge < -0.3 is 9.84 Å². The highest BCUT2D eigenvalue weighted by Crippen LogP contribution is 2.24. The van der Waals surface area contributed by atoms with Crippen molar-refractivity contribution in [2.75, 3.05) is 19.7 Å². The van der Waals surface area contributed by atoms with E-state index in [1.54, 1.807) is 0 Å². The van der Waals surface area contributed by atoms with Crippen LogP contribution in [0.3, 0.4) is 0 Å². The van der Waals surface area contributed by atoms with Crippen molar-refractivity contribution in [3.05, 3.63) is 0 Å². The van der Waals surface area contributed by atoms with E-state index in [1.165, 1.54) is 19.4 Å². The van der Waals surface area contributed by atoms with Gasteiger partial charge in [0.05, 0.1) is 12.7 Å². The van der Waals surface area contributed by atoms with E-state index in [0.717, 1.165) is 19.4 Å². The summed E-state index contributed by atoms with van der Waals surface area (Å²) in [5.41, 5.74) is 0. The number of aliphatic hydroxyl groups is 1. The van der Waals surface area contributed by atoms with Gasteiger partial charge in [0.2, 0.25) is 0 Å². The zero-order valence-corrected chi connectivity index (χ0v) is 7.41. The maximum Gasteiger partial charge on any atom is 0.111 e. The number of piperidine rings is 1. The molecule has 2 rings (SSSR count). The Balaban J connectivity index is 1.90. The molecule has 2 aliphatic heterocycles. The molecule has 3 nitrogen and oxygen atoms in total. The fourth-order valence-electron chi connectivity index (χ4n) is 2.10. The van der Waals surface area contributed by atoms with E-state index in [-0.39, 0.29) is 12.7 Å². The standard InChI is InChI=1S/C9H17NO2/c11-7-8-4-6-10-5-2-1-3-9(10)12-8/h8-9,11H,1-7H2/t8-,9-/m0/s1. The highest BCUT2D eigenvalue weighted by atomic mass is 16.5. The molecule has 0 aromatic rings. The van der Waals surface area contributed by atoms with Crippen LogP contribution in [-0.4, -0.2) is 42.0 Å². The van der Waals surface area contributed by atoms with Gasteiger partial charge in [0.15, 0.2) is 0 Å². The molecule has 0 spiro atoms. The molecule has 0 bridgehead atoms. The number of rotatable bonds is 1. The van der Waals surface area contributed by atoms with Crippen LogP contribution in [0.25, 0.3) is 0 Å². The number of fused-ring (bicyclic) bond motifs is 1. The van der Waals surface area contributed by atoms with Crippen LogP contribution < -0.4 is 0 Å². The lowest BCUT2D eigenvalue weighted by atomic mass is 10.1. The molecule has 1 N–H and O–H groups in total. The molecule has 2 saturated heterocycles. The average Bonchev–Trinajstić information content (AvgIpc) is 2.17. The Bertz CT molecular complexity index is 151. The van der Waals surface area contributed by atoms with Crippen molar-refractivity contribution >= 4 is 0 Å².